The van der Waals surface area contributed by atoms with Gasteiger partial charge in [-0.1, -0.05) is 0 Å². The van der Waals surface area contributed by atoms with E-state index in [1.165, 1.54) is 24.3 Å². The van der Waals surface area contributed by atoms with Crippen LogP contribution in [0.1, 0.15) is 21.5 Å². The minimum Gasteiger partial charge on any atom is -0.484 e. The number of rotatable bonds is 7. The Morgan fingerprint density at radius 2 is 1.61 bits per heavy atom. The second-order valence-electron chi connectivity index (χ2n) is 6.00. The van der Waals surface area contributed by atoms with Crippen LogP contribution >= 0.6 is 0 Å². The zero-order chi connectivity index (χ0) is 20.9. The maximum absolute atomic E-state index is 12.4. The predicted molar refractivity (Wildman–Crippen MR) is 95.0 cm³/mol. The number of benzene rings is 2. The van der Waals surface area contributed by atoms with Crippen molar-refractivity contribution >= 4 is 17.6 Å². The highest BCUT2D eigenvalue weighted by Crippen LogP contribution is 2.26. The van der Waals surface area contributed by atoms with Crippen LogP contribution in [-0.2, 0) is 4.79 Å². The molecule has 2 aromatic carbocycles. The number of carboxylic acid groups (broad SMARTS) is 1. The molecule has 2 N–H and O–H groups in total. The van der Waals surface area contributed by atoms with E-state index in [0.717, 1.165) is 0 Å². The van der Waals surface area contributed by atoms with Crippen molar-refractivity contribution in [2.75, 3.05) is 18.5 Å². The molecule has 0 aromatic heterocycles. The maximum Gasteiger partial charge on any atom is 0.422 e. The molecule has 1 amide bonds. The zero-order valence-corrected chi connectivity index (χ0v) is 15.1. The number of nitrogens with one attached hydrogen (secondary N) is 1. The third-order valence-electron chi connectivity index (χ3n) is 3.58. The van der Waals surface area contributed by atoms with E-state index in [9.17, 15) is 22.8 Å². The molecule has 6 nitrogen and oxygen atoms in total. The van der Waals surface area contributed by atoms with Crippen LogP contribution in [0.3, 0.4) is 0 Å². The van der Waals surface area contributed by atoms with Gasteiger partial charge < -0.3 is 19.9 Å². The number of carbonyl (C=O) groups is 2. The Morgan fingerprint density at radius 3 is 2.11 bits per heavy atom. The van der Waals surface area contributed by atoms with Gasteiger partial charge in [0.1, 0.15) is 11.5 Å². The lowest BCUT2D eigenvalue weighted by Gasteiger charge is -2.13. The number of halogens is 3. The summed E-state index contributed by atoms with van der Waals surface area (Å²) in [7, 11) is 0. The van der Waals surface area contributed by atoms with Gasteiger partial charge in [-0.05, 0) is 61.4 Å². The average Bonchev–Trinajstić information content (AvgIpc) is 2.59. The third-order valence-corrected chi connectivity index (χ3v) is 3.58. The molecule has 0 saturated carbocycles. The van der Waals surface area contributed by atoms with Crippen molar-refractivity contribution in [3.8, 4) is 11.5 Å². The van der Waals surface area contributed by atoms with Crippen LogP contribution in [0.5, 0.6) is 11.5 Å². The number of ether oxygens (including phenoxy) is 2. The van der Waals surface area contributed by atoms with Crippen molar-refractivity contribution in [1.29, 1.82) is 0 Å². The smallest absolute Gasteiger partial charge is 0.422 e. The van der Waals surface area contributed by atoms with E-state index in [1.807, 2.05) is 0 Å². The molecule has 0 aliphatic rings. The molecule has 0 radical (unpaired) electrons. The summed E-state index contributed by atoms with van der Waals surface area (Å²) < 4.78 is 46.2. The summed E-state index contributed by atoms with van der Waals surface area (Å²) in [5.41, 5.74) is 1.91. The summed E-state index contributed by atoms with van der Waals surface area (Å²) in [6.45, 7) is 1.49. The quantitative estimate of drug-likeness (QED) is 0.739. The van der Waals surface area contributed by atoms with E-state index in [-0.39, 0.29) is 5.75 Å². The molecule has 0 fully saturated rings. The standard InChI is InChI=1S/C19H18F3NO5/c1-11-7-13(8-12(2)17(11)27-9-16(24)25)18(26)23-14-3-5-15(6-4-14)28-10-19(20,21)22/h3-8H,9-10H2,1-2H3,(H,23,26)(H,24,25). The number of aryl methyl sites for hydroxylation is 2. The molecule has 2 rings (SSSR count). The van der Waals surface area contributed by atoms with Crippen LogP contribution in [0.15, 0.2) is 36.4 Å². The lowest BCUT2D eigenvalue weighted by atomic mass is 10.0. The number of hydrogen-bond acceptors (Lipinski definition) is 4. The molecule has 28 heavy (non-hydrogen) atoms. The van der Waals surface area contributed by atoms with Crippen molar-refractivity contribution in [2.45, 2.75) is 20.0 Å². The van der Waals surface area contributed by atoms with Crippen LogP contribution < -0.4 is 14.8 Å². The molecule has 0 atom stereocenters. The molecule has 9 heteroatoms. The van der Waals surface area contributed by atoms with E-state index in [2.05, 4.69) is 10.1 Å². The first kappa shape index (κ1) is 21.1. The molecular weight excluding hydrogens is 379 g/mol. The van der Waals surface area contributed by atoms with Gasteiger partial charge in [0.2, 0.25) is 0 Å². The number of aliphatic carboxylic acids is 1. The van der Waals surface area contributed by atoms with E-state index < -0.39 is 31.3 Å². The first-order valence-corrected chi connectivity index (χ1v) is 8.12. The Hall–Kier alpha value is -3.23. The maximum atomic E-state index is 12.4. The number of anilines is 1. The summed E-state index contributed by atoms with van der Waals surface area (Å²) in [4.78, 5) is 23.0. The number of carbonyl (C=O) groups excluding carboxylic acids is 1. The highest BCUT2D eigenvalue weighted by Gasteiger charge is 2.28. The minimum atomic E-state index is -4.43. The van der Waals surface area contributed by atoms with Gasteiger partial charge in [-0.3, -0.25) is 4.79 Å². The van der Waals surface area contributed by atoms with Crippen molar-refractivity contribution in [1.82, 2.24) is 0 Å². The first-order valence-electron chi connectivity index (χ1n) is 8.12. The largest absolute Gasteiger partial charge is 0.484 e. The van der Waals surface area contributed by atoms with Gasteiger partial charge in [-0.25, -0.2) is 4.79 Å². The van der Waals surface area contributed by atoms with Crippen molar-refractivity contribution in [3.05, 3.63) is 53.1 Å². The fraction of sp³-hybridized carbons (Fsp3) is 0.263. The first-order chi connectivity index (χ1) is 13.0. The SMILES string of the molecule is Cc1cc(C(=O)Nc2ccc(OCC(F)(F)F)cc2)cc(C)c1OCC(=O)O. The Labute approximate surface area is 158 Å². The molecule has 150 valence electrons. The fourth-order valence-electron chi connectivity index (χ4n) is 2.45. The van der Waals surface area contributed by atoms with Crippen molar-refractivity contribution in [2.24, 2.45) is 0 Å². The van der Waals surface area contributed by atoms with E-state index in [0.29, 0.717) is 28.1 Å². The number of amides is 1. The number of alkyl halides is 3. The molecule has 0 spiro atoms. The highest BCUT2D eigenvalue weighted by atomic mass is 19.4. The van der Waals surface area contributed by atoms with Crippen LogP contribution in [0.25, 0.3) is 0 Å². The predicted octanol–water partition coefficient (Wildman–Crippen LogP) is 3.96. The molecule has 0 unspecified atom stereocenters. The van der Waals surface area contributed by atoms with Crippen LogP contribution in [0.4, 0.5) is 18.9 Å². The fourth-order valence-corrected chi connectivity index (χ4v) is 2.45. The monoisotopic (exact) mass is 397 g/mol. The van der Waals surface area contributed by atoms with Gasteiger partial charge in [0.25, 0.3) is 5.91 Å². The summed E-state index contributed by atoms with van der Waals surface area (Å²) in [6, 6.07) is 8.60. The topological polar surface area (TPSA) is 84.9 Å². The second-order valence-corrected chi connectivity index (χ2v) is 6.00. The van der Waals surface area contributed by atoms with E-state index >= 15 is 0 Å². The molecule has 0 heterocycles. The average molecular weight is 397 g/mol. The molecule has 0 bridgehead atoms. The molecule has 0 aliphatic heterocycles. The minimum absolute atomic E-state index is 0.0296. The lowest BCUT2D eigenvalue weighted by molar-refractivity contribution is -0.153. The van der Waals surface area contributed by atoms with Gasteiger partial charge in [0.15, 0.2) is 13.2 Å². The summed E-state index contributed by atoms with van der Waals surface area (Å²) in [5, 5.41) is 11.3. The van der Waals surface area contributed by atoms with Gasteiger partial charge in [0, 0.05) is 11.3 Å². The highest BCUT2D eigenvalue weighted by molar-refractivity contribution is 6.04. The van der Waals surface area contributed by atoms with Gasteiger partial charge >= 0.3 is 12.1 Å². The molecule has 0 aliphatic carbocycles. The number of hydrogen-bond donors (Lipinski definition) is 2. The van der Waals surface area contributed by atoms with Crippen molar-refractivity contribution in [3.63, 3.8) is 0 Å². The van der Waals surface area contributed by atoms with Gasteiger partial charge in [0.05, 0.1) is 0 Å². The van der Waals surface area contributed by atoms with E-state index in [4.69, 9.17) is 9.84 Å². The Morgan fingerprint density at radius 1 is 1.04 bits per heavy atom. The molecule has 2 aromatic rings. The zero-order valence-electron chi connectivity index (χ0n) is 15.1. The van der Waals surface area contributed by atoms with Crippen molar-refractivity contribution < 1.29 is 37.3 Å². The molecular formula is C19H18F3NO5. The van der Waals surface area contributed by atoms with Crippen LogP contribution in [-0.4, -0.2) is 36.4 Å². The van der Waals surface area contributed by atoms with Crippen LogP contribution in [0.2, 0.25) is 0 Å². The summed E-state index contributed by atoms with van der Waals surface area (Å²) in [6.07, 6.45) is -4.43. The van der Waals surface area contributed by atoms with E-state index in [1.54, 1.807) is 26.0 Å². The Kier molecular flexibility index (Phi) is 6.50. The Bertz CT molecular complexity index is 840. The van der Waals surface area contributed by atoms with Gasteiger partial charge in [-0.2, -0.15) is 13.2 Å². The van der Waals surface area contributed by atoms with Crippen LogP contribution in [0, 0.1) is 13.8 Å². The lowest BCUT2D eigenvalue weighted by Crippen LogP contribution is -2.19. The number of carboxylic acids is 1. The third kappa shape index (κ3) is 6.19. The Balaban J connectivity index is 2.05. The summed E-state index contributed by atoms with van der Waals surface area (Å²) in [5.74, 6) is -1.12. The normalized spacial score (nSPS) is 11.0. The summed E-state index contributed by atoms with van der Waals surface area (Å²) >= 11 is 0. The van der Waals surface area contributed by atoms with Gasteiger partial charge in [-0.15, -0.1) is 0 Å². The second kappa shape index (κ2) is 8.64. The molecule has 0 saturated heterocycles.